The van der Waals surface area contributed by atoms with Crippen LogP contribution in [0.1, 0.15) is 6.42 Å². The van der Waals surface area contributed by atoms with Gasteiger partial charge in [0.2, 0.25) is 5.08 Å². The van der Waals surface area contributed by atoms with E-state index in [0.29, 0.717) is 0 Å². The molecule has 0 radical (unpaired) electrons. The van der Waals surface area contributed by atoms with Crippen molar-refractivity contribution < 1.29 is 63.4 Å². The van der Waals surface area contributed by atoms with Crippen LogP contribution in [0.4, 0.5) is 0 Å². The molecule has 0 aromatic carbocycles. The van der Waals surface area contributed by atoms with E-state index in [1.165, 1.54) is 7.05 Å². The summed E-state index contributed by atoms with van der Waals surface area (Å²) in [7, 11) is -9.49. The van der Waals surface area contributed by atoms with E-state index in [1.54, 1.807) is 0 Å². The van der Waals surface area contributed by atoms with Crippen molar-refractivity contribution in [2.45, 2.75) is 11.5 Å². The van der Waals surface area contributed by atoms with Crippen molar-refractivity contribution in [2.24, 2.45) is 0 Å². The standard InChI is InChI=1S/C4H13NO7P2.Na/c1-5-3-2-4(6,13(7,8)9)14(10,11)12;/h5-6H,2-3H2,1H3,(H2,7,8,9)(H2,10,11,12);/q;+1/p-1. The van der Waals surface area contributed by atoms with Gasteiger partial charge in [0.1, 0.15) is 0 Å². The summed E-state index contributed by atoms with van der Waals surface area (Å²) in [6.45, 7) is -0.172. The van der Waals surface area contributed by atoms with Crippen molar-refractivity contribution in [3.8, 4) is 0 Å². The molecular formula is C4H12NNaO7P2. The molecule has 0 aliphatic carbocycles. The summed E-state index contributed by atoms with van der Waals surface area (Å²) in [5, 5.41) is 8.17. The first-order chi connectivity index (χ1) is 6.06. The number of nitrogens with one attached hydrogen (secondary N) is 1. The molecule has 0 bridgehead atoms. The zero-order valence-corrected chi connectivity index (χ0v) is 12.1. The second-order valence-corrected chi connectivity index (χ2v) is 6.65. The van der Waals surface area contributed by atoms with Gasteiger partial charge in [0, 0.05) is 6.42 Å². The third-order valence-electron chi connectivity index (χ3n) is 1.63. The van der Waals surface area contributed by atoms with E-state index in [1.807, 2.05) is 0 Å². The first kappa shape index (κ1) is 18.6. The monoisotopic (exact) mass is 271 g/mol. The molecule has 0 fully saturated rings. The maximum absolute atomic E-state index is 10.7. The van der Waals surface area contributed by atoms with E-state index >= 15 is 0 Å². The second kappa shape index (κ2) is 6.23. The first-order valence-corrected chi connectivity index (χ1v) is 6.72. The van der Waals surface area contributed by atoms with Gasteiger partial charge in [-0.1, -0.05) is 0 Å². The number of hydrogen-bond acceptors (Lipinski definition) is 5. The van der Waals surface area contributed by atoms with Gasteiger partial charge in [-0.25, -0.2) is 0 Å². The van der Waals surface area contributed by atoms with Crippen molar-refractivity contribution in [2.75, 3.05) is 13.6 Å². The van der Waals surface area contributed by atoms with Crippen molar-refractivity contribution in [1.29, 1.82) is 0 Å². The third kappa shape index (κ3) is 4.53. The Morgan fingerprint density at radius 1 is 1.33 bits per heavy atom. The number of hydrogen-bond donors (Lipinski definition) is 5. The maximum Gasteiger partial charge on any atom is 1.00 e. The Kier molecular flexibility index (Phi) is 7.72. The average Bonchev–Trinajstić information content (AvgIpc) is 1.95. The van der Waals surface area contributed by atoms with E-state index in [0.717, 1.165) is 0 Å². The molecule has 15 heavy (non-hydrogen) atoms. The van der Waals surface area contributed by atoms with Crippen LogP contribution in [0.25, 0.3) is 0 Å². The molecule has 86 valence electrons. The van der Waals surface area contributed by atoms with Crippen LogP contribution in [0.5, 0.6) is 0 Å². The SMILES string of the molecule is CNCCC(O)(P(=O)([O-])O)P(=O)(O)O.[Na+]. The molecule has 0 rings (SSSR count). The first-order valence-electron chi connectivity index (χ1n) is 3.53. The summed E-state index contributed by atoms with van der Waals surface area (Å²) in [6.07, 6.45) is -0.801. The maximum atomic E-state index is 10.7. The fourth-order valence-corrected chi connectivity index (χ4v) is 2.86. The largest absolute Gasteiger partial charge is 1.00 e. The van der Waals surface area contributed by atoms with Gasteiger partial charge in [0.25, 0.3) is 0 Å². The van der Waals surface area contributed by atoms with Crippen LogP contribution in [0.15, 0.2) is 0 Å². The molecule has 0 spiro atoms. The minimum Gasteiger partial charge on any atom is -0.776 e. The summed E-state index contributed by atoms with van der Waals surface area (Å²) >= 11 is 0. The third-order valence-corrected chi connectivity index (χ3v) is 5.45. The quantitative estimate of drug-likeness (QED) is 0.246. The fraction of sp³-hybridized carbons (Fsp3) is 1.00. The molecule has 0 aromatic rings. The van der Waals surface area contributed by atoms with E-state index in [9.17, 15) is 19.1 Å². The molecule has 0 amide bonds. The molecule has 0 aliphatic heterocycles. The van der Waals surface area contributed by atoms with Crippen LogP contribution in [-0.4, -0.2) is 38.5 Å². The Balaban J connectivity index is 0. The summed E-state index contributed by atoms with van der Waals surface area (Å²) in [5.41, 5.74) is 0. The summed E-state index contributed by atoms with van der Waals surface area (Å²) in [4.78, 5) is 36.3. The van der Waals surface area contributed by atoms with Gasteiger partial charge in [-0.05, 0) is 13.6 Å². The summed E-state index contributed by atoms with van der Waals surface area (Å²) in [5.74, 6) is 0. The number of aliphatic hydroxyl groups is 1. The fourth-order valence-electron chi connectivity index (χ4n) is 0.744. The van der Waals surface area contributed by atoms with Gasteiger partial charge in [0.05, 0.1) is 0 Å². The van der Waals surface area contributed by atoms with Crippen LogP contribution in [0, 0.1) is 0 Å². The van der Waals surface area contributed by atoms with Crippen LogP contribution in [0.2, 0.25) is 0 Å². The normalized spacial score (nSPS) is 19.9. The zero-order valence-electron chi connectivity index (χ0n) is 8.32. The van der Waals surface area contributed by atoms with Gasteiger partial charge in [-0.3, -0.25) is 4.57 Å². The Hall–Kier alpha value is 1.22. The molecule has 0 saturated heterocycles. The van der Waals surface area contributed by atoms with Crippen LogP contribution in [-0.2, 0) is 9.13 Å². The Morgan fingerprint density at radius 2 is 1.73 bits per heavy atom. The molecule has 11 heteroatoms. The van der Waals surface area contributed by atoms with E-state index in [2.05, 4.69) is 5.32 Å². The van der Waals surface area contributed by atoms with Crippen molar-refractivity contribution >= 4 is 15.2 Å². The topological polar surface area (TPSA) is 150 Å². The van der Waals surface area contributed by atoms with Crippen molar-refractivity contribution in [3.05, 3.63) is 0 Å². The van der Waals surface area contributed by atoms with Crippen LogP contribution < -0.4 is 39.8 Å². The Morgan fingerprint density at radius 3 is 1.93 bits per heavy atom. The van der Waals surface area contributed by atoms with Gasteiger partial charge in [-0.2, -0.15) is 0 Å². The zero-order chi connectivity index (χ0) is 11.6. The van der Waals surface area contributed by atoms with E-state index in [4.69, 9.17) is 14.7 Å². The molecule has 0 aliphatic rings. The minimum atomic E-state index is -5.54. The summed E-state index contributed by atoms with van der Waals surface area (Å²) < 4.78 is 21.3. The molecular weight excluding hydrogens is 259 g/mol. The molecule has 0 saturated carbocycles. The predicted molar refractivity (Wildman–Crippen MR) is 45.4 cm³/mol. The van der Waals surface area contributed by atoms with Crippen LogP contribution in [0.3, 0.4) is 0 Å². The second-order valence-electron chi connectivity index (χ2n) is 2.69. The van der Waals surface area contributed by atoms with Crippen molar-refractivity contribution in [1.82, 2.24) is 5.32 Å². The Bertz CT molecular complexity index is 263. The van der Waals surface area contributed by atoms with Gasteiger partial charge < -0.3 is 34.6 Å². The van der Waals surface area contributed by atoms with Gasteiger partial charge in [-0.15, -0.1) is 0 Å². The Labute approximate surface area is 109 Å². The molecule has 0 aromatic heterocycles. The summed E-state index contributed by atoms with van der Waals surface area (Å²) in [6, 6.07) is 0. The molecule has 0 heterocycles. The predicted octanol–water partition coefficient (Wildman–Crippen LogP) is -5.03. The number of rotatable bonds is 5. The van der Waals surface area contributed by atoms with E-state index in [-0.39, 0.29) is 36.1 Å². The molecule has 8 nitrogen and oxygen atoms in total. The minimum absolute atomic E-state index is 0. The molecule has 5 N–H and O–H groups in total. The molecule has 2 unspecified atom stereocenters. The van der Waals surface area contributed by atoms with Crippen molar-refractivity contribution in [3.63, 3.8) is 0 Å². The van der Waals surface area contributed by atoms with Crippen LogP contribution >= 0.6 is 15.2 Å². The average molecular weight is 271 g/mol. The smallest absolute Gasteiger partial charge is 0.776 e. The van der Waals surface area contributed by atoms with Gasteiger partial charge in [0.15, 0.2) is 7.60 Å². The molecule has 2 atom stereocenters. The van der Waals surface area contributed by atoms with Gasteiger partial charge >= 0.3 is 37.2 Å². The van der Waals surface area contributed by atoms with E-state index < -0.39 is 26.7 Å².